The zero-order chi connectivity index (χ0) is 20.1. The molecule has 3 aromatic rings. The number of nitrogens with one attached hydrogen (secondary N) is 1. The van der Waals surface area contributed by atoms with Gasteiger partial charge in [0.25, 0.3) is 5.91 Å². The highest BCUT2D eigenvalue weighted by Gasteiger charge is 2.19. The van der Waals surface area contributed by atoms with E-state index in [-0.39, 0.29) is 11.9 Å². The molecular weight excluding hydrogens is 348 g/mol. The minimum atomic E-state index is -0.0613. The number of ether oxygens (including phenoxy) is 1. The molecule has 28 heavy (non-hydrogen) atoms. The van der Waals surface area contributed by atoms with Crippen molar-refractivity contribution in [1.82, 2.24) is 9.88 Å². The topological polar surface area (TPSA) is 43.3 Å². The largest absolute Gasteiger partial charge is 0.489 e. The standard InChI is InChI=1S/C24H28N2O2/c1-5-14-28-23-13-9-12-21-20(23)15-22(24(27)25-18(4)6-2)26(21)16-19-11-8-7-10-17(19)3/h5,7-13,15,18H,1,6,14,16H2,2-4H3,(H,25,27)/t18-/m1/s1. The third-order valence-corrected chi connectivity index (χ3v) is 5.07. The molecule has 0 unspecified atom stereocenters. The zero-order valence-electron chi connectivity index (χ0n) is 16.9. The van der Waals surface area contributed by atoms with Gasteiger partial charge in [0.15, 0.2) is 0 Å². The molecule has 0 saturated carbocycles. The summed E-state index contributed by atoms with van der Waals surface area (Å²) in [6.45, 7) is 11.0. The summed E-state index contributed by atoms with van der Waals surface area (Å²) in [4.78, 5) is 13.0. The molecule has 0 spiro atoms. The number of aromatic nitrogens is 1. The van der Waals surface area contributed by atoms with Gasteiger partial charge in [0, 0.05) is 18.0 Å². The molecule has 0 bridgehead atoms. The molecule has 4 nitrogen and oxygen atoms in total. The van der Waals surface area contributed by atoms with Crippen molar-refractivity contribution in [2.24, 2.45) is 0 Å². The van der Waals surface area contributed by atoms with Gasteiger partial charge in [-0.05, 0) is 49.6 Å². The van der Waals surface area contributed by atoms with Crippen LogP contribution in [-0.2, 0) is 6.54 Å². The second kappa shape index (κ2) is 8.79. The average Bonchev–Trinajstić information content (AvgIpc) is 3.07. The van der Waals surface area contributed by atoms with Crippen LogP contribution in [0, 0.1) is 6.92 Å². The van der Waals surface area contributed by atoms with Crippen molar-refractivity contribution in [3.8, 4) is 5.75 Å². The second-order valence-corrected chi connectivity index (χ2v) is 7.11. The Labute approximate surface area is 166 Å². The first-order valence-corrected chi connectivity index (χ1v) is 9.76. The van der Waals surface area contributed by atoms with Crippen LogP contribution in [0.1, 0.15) is 41.9 Å². The van der Waals surface area contributed by atoms with Crippen LogP contribution in [0.15, 0.2) is 61.2 Å². The Morgan fingerprint density at radius 2 is 2.04 bits per heavy atom. The first-order chi connectivity index (χ1) is 13.5. The van der Waals surface area contributed by atoms with Gasteiger partial charge in [-0.15, -0.1) is 0 Å². The predicted octanol–water partition coefficient (Wildman–Crippen LogP) is 5.09. The van der Waals surface area contributed by atoms with Crippen LogP contribution in [-0.4, -0.2) is 23.1 Å². The van der Waals surface area contributed by atoms with Crippen LogP contribution in [0.2, 0.25) is 0 Å². The molecule has 0 saturated heterocycles. The molecule has 0 aliphatic carbocycles. The maximum atomic E-state index is 13.0. The molecule has 0 aliphatic heterocycles. The van der Waals surface area contributed by atoms with Crippen LogP contribution in [0.25, 0.3) is 10.9 Å². The van der Waals surface area contributed by atoms with Crippen molar-refractivity contribution in [3.05, 3.63) is 78.0 Å². The van der Waals surface area contributed by atoms with E-state index in [1.165, 1.54) is 11.1 Å². The normalized spacial score (nSPS) is 12.0. The van der Waals surface area contributed by atoms with Crippen molar-refractivity contribution < 1.29 is 9.53 Å². The minimum absolute atomic E-state index is 0.0613. The van der Waals surface area contributed by atoms with E-state index in [4.69, 9.17) is 4.74 Å². The van der Waals surface area contributed by atoms with Crippen LogP contribution in [0.4, 0.5) is 0 Å². The number of fused-ring (bicyclic) bond motifs is 1. The van der Waals surface area contributed by atoms with Gasteiger partial charge < -0.3 is 14.6 Å². The maximum Gasteiger partial charge on any atom is 0.268 e. The van der Waals surface area contributed by atoms with Gasteiger partial charge in [0.05, 0.1) is 5.52 Å². The first kappa shape index (κ1) is 19.7. The summed E-state index contributed by atoms with van der Waals surface area (Å²) in [5, 5.41) is 4.03. The van der Waals surface area contributed by atoms with Crippen molar-refractivity contribution >= 4 is 16.8 Å². The van der Waals surface area contributed by atoms with E-state index in [1.54, 1.807) is 6.08 Å². The van der Waals surface area contributed by atoms with Gasteiger partial charge in [-0.25, -0.2) is 0 Å². The molecule has 4 heteroatoms. The number of hydrogen-bond donors (Lipinski definition) is 1. The summed E-state index contributed by atoms with van der Waals surface area (Å²) in [5.74, 6) is 0.701. The van der Waals surface area contributed by atoms with Crippen LogP contribution < -0.4 is 10.1 Å². The monoisotopic (exact) mass is 376 g/mol. The summed E-state index contributed by atoms with van der Waals surface area (Å²) >= 11 is 0. The number of aryl methyl sites for hydroxylation is 1. The van der Waals surface area contributed by atoms with Gasteiger partial charge in [-0.2, -0.15) is 0 Å². The van der Waals surface area contributed by atoms with E-state index in [0.29, 0.717) is 18.8 Å². The molecule has 1 N–H and O–H groups in total. The Kier molecular flexibility index (Phi) is 6.19. The van der Waals surface area contributed by atoms with E-state index in [0.717, 1.165) is 23.1 Å². The number of carbonyl (C=O) groups excluding carboxylic acids is 1. The van der Waals surface area contributed by atoms with Crippen molar-refractivity contribution in [1.29, 1.82) is 0 Å². The van der Waals surface area contributed by atoms with Gasteiger partial charge >= 0.3 is 0 Å². The SMILES string of the molecule is C=CCOc1cccc2c1cc(C(=O)N[C@H](C)CC)n2Cc1ccccc1C. The molecule has 1 amide bonds. The van der Waals surface area contributed by atoms with E-state index >= 15 is 0 Å². The molecular formula is C24H28N2O2. The molecule has 3 rings (SSSR count). The van der Waals surface area contributed by atoms with Gasteiger partial charge in [0.1, 0.15) is 18.1 Å². The number of hydrogen-bond acceptors (Lipinski definition) is 2. The van der Waals surface area contributed by atoms with Crippen molar-refractivity contribution in [3.63, 3.8) is 0 Å². The number of benzene rings is 2. The Hall–Kier alpha value is -3.01. The number of rotatable bonds is 8. The zero-order valence-corrected chi connectivity index (χ0v) is 16.9. The Morgan fingerprint density at radius 3 is 2.75 bits per heavy atom. The fraction of sp³-hybridized carbons (Fsp3) is 0.292. The highest BCUT2D eigenvalue weighted by atomic mass is 16.5. The Bertz CT molecular complexity index is 987. The lowest BCUT2D eigenvalue weighted by molar-refractivity contribution is 0.0931. The highest BCUT2D eigenvalue weighted by Crippen LogP contribution is 2.30. The summed E-state index contributed by atoms with van der Waals surface area (Å²) in [6, 6.07) is 16.3. The lowest BCUT2D eigenvalue weighted by Crippen LogP contribution is -2.33. The molecule has 0 radical (unpaired) electrons. The highest BCUT2D eigenvalue weighted by molar-refractivity contribution is 6.00. The molecule has 1 aromatic heterocycles. The van der Waals surface area contributed by atoms with Crippen LogP contribution >= 0.6 is 0 Å². The predicted molar refractivity (Wildman–Crippen MR) is 115 cm³/mol. The van der Waals surface area contributed by atoms with Gasteiger partial charge in [-0.3, -0.25) is 4.79 Å². The fourth-order valence-corrected chi connectivity index (χ4v) is 3.25. The van der Waals surface area contributed by atoms with E-state index in [2.05, 4.69) is 42.4 Å². The van der Waals surface area contributed by atoms with Gasteiger partial charge in [-0.1, -0.05) is 49.9 Å². The summed E-state index contributed by atoms with van der Waals surface area (Å²) in [7, 11) is 0. The fourth-order valence-electron chi connectivity index (χ4n) is 3.25. The number of amides is 1. The van der Waals surface area contributed by atoms with E-state index < -0.39 is 0 Å². The third kappa shape index (κ3) is 4.11. The molecule has 1 atom stereocenters. The van der Waals surface area contributed by atoms with Crippen molar-refractivity contribution in [2.45, 2.75) is 39.8 Å². The first-order valence-electron chi connectivity index (χ1n) is 9.76. The molecule has 1 heterocycles. The average molecular weight is 377 g/mol. The second-order valence-electron chi connectivity index (χ2n) is 7.11. The van der Waals surface area contributed by atoms with E-state index in [9.17, 15) is 4.79 Å². The quantitative estimate of drug-likeness (QED) is 0.556. The van der Waals surface area contributed by atoms with Crippen LogP contribution in [0.5, 0.6) is 5.75 Å². The van der Waals surface area contributed by atoms with E-state index in [1.807, 2.05) is 43.3 Å². The third-order valence-electron chi connectivity index (χ3n) is 5.07. The lowest BCUT2D eigenvalue weighted by Gasteiger charge is -2.15. The Balaban J connectivity index is 2.11. The summed E-state index contributed by atoms with van der Waals surface area (Å²) < 4.78 is 7.91. The molecule has 0 fully saturated rings. The lowest BCUT2D eigenvalue weighted by atomic mass is 10.1. The summed E-state index contributed by atoms with van der Waals surface area (Å²) in [5.41, 5.74) is 4.03. The maximum absolute atomic E-state index is 13.0. The number of nitrogens with zero attached hydrogens (tertiary/aromatic N) is 1. The molecule has 0 aliphatic rings. The van der Waals surface area contributed by atoms with Crippen molar-refractivity contribution in [2.75, 3.05) is 6.61 Å². The summed E-state index contributed by atoms with van der Waals surface area (Å²) in [6.07, 6.45) is 2.61. The van der Waals surface area contributed by atoms with Gasteiger partial charge in [0.2, 0.25) is 0 Å². The Morgan fingerprint density at radius 1 is 1.25 bits per heavy atom. The number of carbonyl (C=O) groups is 1. The smallest absolute Gasteiger partial charge is 0.268 e. The van der Waals surface area contributed by atoms with Crippen LogP contribution in [0.3, 0.4) is 0 Å². The molecule has 146 valence electrons. The molecule has 2 aromatic carbocycles. The minimum Gasteiger partial charge on any atom is -0.489 e.